The molecule has 9 heteroatoms. The third-order valence-electron chi connectivity index (χ3n) is 16.4. The summed E-state index contributed by atoms with van der Waals surface area (Å²) in [7, 11) is 1.59. The number of carbonyl (C=O) groups excluding carboxylic acids is 1. The van der Waals surface area contributed by atoms with Gasteiger partial charge in [0.05, 0.1) is 39.9 Å². The fourth-order valence-electron chi connectivity index (χ4n) is 10.9. The van der Waals surface area contributed by atoms with E-state index in [1.807, 2.05) is 27.2 Å². The lowest BCUT2D eigenvalue weighted by atomic mass is 10.0. The summed E-state index contributed by atoms with van der Waals surface area (Å²) >= 11 is 0. The minimum absolute atomic E-state index is 0.0647. The summed E-state index contributed by atoms with van der Waals surface area (Å²) in [4.78, 5) is 23.4. The molecule has 0 bridgehead atoms. The van der Waals surface area contributed by atoms with Crippen LogP contribution in [-0.4, -0.2) is 73.4 Å². The zero-order valence-electron chi connectivity index (χ0n) is 53.9. The smallest absolute Gasteiger partial charge is 0.387 e. The lowest BCUT2D eigenvalue weighted by molar-refractivity contribution is -0.870. The topological polar surface area (TPSA) is 105 Å². The van der Waals surface area contributed by atoms with Crippen molar-refractivity contribution < 1.29 is 32.9 Å². The van der Waals surface area contributed by atoms with Crippen molar-refractivity contribution in [3.8, 4) is 0 Å². The number of rotatable bonds is 66. The van der Waals surface area contributed by atoms with Gasteiger partial charge in [0.1, 0.15) is 13.2 Å². The number of carbonyl (C=O) groups is 1. The average molecular weight is 1140 g/mol. The monoisotopic (exact) mass is 1140 g/mol. The Labute approximate surface area is 494 Å². The van der Waals surface area contributed by atoms with Gasteiger partial charge in [-0.3, -0.25) is 13.8 Å². The van der Waals surface area contributed by atoms with E-state index in [2.05, 4.69) is 31.3 Å². The SMILES string of the molecule is CCCCCCCCCC/C=C\CCCCCCCCCCCCCCCCCCCCCCCCCCCCCC(=O)NC(COP(=O)(O)OCC[N+](C)(C)C)C(O)/C=C/CCCCCCCCCCCCCCCCCC. The van der Waals surface area contributed by atoms with Gasteiger partial charge in [-0.15, -0.1) is 0 Å². The van der Waals surface area contributed by atoms with E-state index in [9.17, 15) is 19.4 Å². The molecule has 0 aliphatic heterocycles. The van der Waals surface area contributed by atoms with Gasteiger partial charge in [0, 0.05) is 6.42 Å². The highest BCUT2D eigenvalue weighted by Gasteiger charge is 2.28. The van der Waals surface area contributed by atoms with Crippen molar-refractivity contribution in [2.45, 2.75) is 379 Å². The largest absolute Gasteiger partial charge is 0.472 e. The molecule has 0 radical (unpaired) electrons. The van der Waals surface area contributed by atoms with E-state index in [0.717, 1.165) is 32.1 Å². The van der Waals surface area contributed by atoms with Crippen LogP contribution in [0.5, 0.6) is 0 Å². The number of phosphoric ester groups is 1. The van der Waals surface area contributed by atoms with E-state index >= 15 is 0 Å². The number of hydrogen-bond donors (Lipinski definition) is 3. The second-order valence-electron chi connectivity index (χ2n) is 25.6. The summed E-state index contributed by atoms with van der Waals surface area (Å²) in [6, 6.07) is -0.844. The van der Waals surface area contributed by atoms with Crippen LogP contribution in [0.4, 0.5) is 0 Å². The van der Waals surface area contributed by atoms with E-state index in [1.54, 1.807) is 6.08 Å². The van der Waals surface area contributed by atoms with Crippen LogP contribution in [0.1, 0.15) is 367 Å². The Bertz CT molecular complexity index is 1340. The van der Waals surface area contributed by atoms with Crippen LogP contribution < -0.4 is 5.32 Å². The van der Waals surface area contributed by atoms with E-state index in [0.29, 0.717) is 17.4 Å². The van der Waals surface area contributed by atoms with Gasteiger partial charge < -0.3 is 19.8 Å². The molecule has 470 valence electrons. The van der Waals surface area contributed by atoms with Crippen LogP contribution in [-0.2, 0) is 18.4 Å². The van der Waals surface area contributed by atoms with Crippen LogP contribution in [0.15, 0.2) is 24.3 Å². The van der Waals surface area contributed by atoms with Crippen LogP contribution >= 0.6 is 7.82 Å². The van der Waals surface area contributed by atoms with E-state index in [4.69, 9.17) is 9.05 Å². The lowest BCUT2D eigenvalue weighted by Gasteiger charge is -2.25. The lowest BCUT2D eigenvalue weighted by Crippen LogP contribution is -2.45. The molecule has 0 saturated heterocycles. The fraction of sp³-hybridized carbons (Fsp3) is 0.929. The maximum Gasteiger partial charge on any atom is 0.472 e. The second-order valence-corrected chi connectivity index (χ2v) is 27.1. The molecule has 3 N–H and O–H groups in total. The first-order valence-electron chi connectivity index (χ1n) is 35.2. The number of nitrogens with one attached hydrogen (secondary N) is 1. The molecular weight excluding hydrogens is 996 g/mol. The average Bonchev–Trinajstić information content (AvgIpc) is 3.42. The summed E-state index contributed by atoms with van der Waals surface area (Å²) < 4.78 is 23.8. The third kappa shape index (κ3) is 64.4. The Hall–Kier alpha value is -1.02. The number of quaternary nitrogens is 1. The van der Waals surface area contributed by atoms with Gasteiger partial charge in [0.25, 0.3) is 0 Å². The number of hydrogen-bond acceptors (Lipinski definition) is 5. The van der Waals surface area contributed by atoms with E-state index in [1.165, 1.54) is 315 Å². The summed E-state index contributed by atoms with van der Waals surface area (Å²) in [5.74, 6) is -0.168. The molecule has 0 rings (SSSR count). The predicted molar refractivity (Wildman–Crippen MR) is 346 cm³/mol. The van der Waals surface area contributed by atoms with Gasteiger partial charge in [-0.25, -0.2) is 4.57 Å². The molecule has 8 nitrogen and oxygen atoms in total. The normalized spacial score (nSPS) is 13.8. The Morgan fingerprint density at radius 3 is 0.975 bits per heavy atom. The summed E-state index contributed by atoms with van der Waals surface area (Å²) in [5, 5.41) is 14.0. The molecule has 0 heterocycles. The molecule has 0 aromatic heterocycles. The van der Waals surface area contributed by atoms with Crippen molar-refractivity contribution in [2.75, 3.05) is 40.9 Å². The van der Waals surface area contributed by atoms with Gasteiger partial charge in [-0.1, -0.05) is 340 Å². The first-order valence-corrected chi connectivity index (χ1v) is 36.7. The van der Waals surface area contributed by atoms with Crippen LogP contribution in [0.2, 0.25) is 0 Å². The fourth-order valence-corrected chi connectivity index (χ4v) is 11.7. The van der Waals surface area contributed by atoms with Crippen molar-refractivity contribution in [2.24, 2.45) is 0 Å². The molecule has 0 aliphatic rings. The number of unbranched alkanes of at least 4 members (excludes halogenated alkanes) is 51. The highest BCUT2D eigenvalue weighted by atomic mass is 31.2. The molecule has 0 saturated carbocycles. The molecule has 0 aromatic rings. The van der Waals surface area contributed by atoms with Gasteiger partial charge in [0.2, 0.25) is 5.91 Å². The molecule has 3 atom stereocenters. The maximum absolute atomic E-state index is 13.0. The van der Waals surface area contributed by atoms with Crippen LogP contribution in [0, 0.1) is 0 Å². The van der Waals surface area contributed by atoms with Crippen molar-refractivity contribution >= 4 is 13.7 Å². The molecule has 79 heavy (non-hydrogen) atoms. The quantitative estimate of drug-likeness (QED) is 0.0243. The number of allylic oxidation sites excluding steroid dienone is 3. The molecule has 0 fully saturated rings. The third-order valence-corrected chi connectivity index (χ3v) is 17.4. The molecule has 0 aromatic carbocycles. The van der Waals surface area contributed by atoms with E-state index in [-0.39, 0.29) is 19.1 Å². The first-order chi connectivity index (χ1) is 38.5. The summed E-state index contributed by atoms with van der Waals surface area (Å²) in [5.41, 5.74) is 0. The number of amides is 1. The highest BCUT2D eigenvalue weighted by Crippen LogP contribution is 2.43. The van der Waals surface area contributed by atoms with Crippen molar-refractivity contribution in [1.29, 1.82) is 0 Å². The van der Waals surface area contributed by atoms with Crippen LogP contribution in [0.3, 0.4) is 0 Å². The molecule has 0 spiro atoms. The Morgan fingerprint density at radius 2 is 0.684 bits per heavy atom. The van der Waals surface area contributed by atoms with Gasteiger partial charge >= 0.3 is 7.82 Å². The minimum atomic E-state index is -4.35. The van der Waals surface area contributed by atoms with Crippen molar-refractivity contribution in [3.63, 3.8) is 0 Å². The Balaban J connectivity index is 3.89. The summed E-state index contributed by atoms with van der Waals surface area (Å²) in [6.45, 7) is 4.87. The predicted octanol–water partition coefficient (Wildman–Crippen LogP) is 22.3. The Kier molecular flexibility index (Phi) is 60.7. The zero-order valence-corrected chi connectivity index (χ0v) is 54.8. The molecular formula is C70H140N2O6P+. The van der Waals surface area contributed by atoms with E-state index < -0.39 is 20.0 Å². The molecule has 0 aliphatic carbocycles. The number of likely N-dealkylation sites (N-methyl/N-ethyl adjacent to an activating group) is 1. The number of nitrogens with zero attached hydrogens (tertiary/aromatic N) is 1. The summed E-state index contributed by atoms with van der Waals surface area (Å²) in [6.07, 6.45) is 80.5. The number of phosphoric acid groups is 1. The van der Waals surface area contributed by atoms with Crippen LogP contribution in [0.25, 0.3) is 0 Å². The zero-order chi connectivity index (χ0) is 57.7. The molecule has 1 amide bonds. The second kappa shape index (κ2) is 61.5. The van der Waals surface area contributed by atoms with Gasteiger partial charge in [-0.05, 0) is 44.9 Å². The Morgan fingerprint density at radius 1 is 0.418 bits per heavy atom. The number of aliphatic hydroxyl groups is 1. The van der Waals surface area contributed by atoms with Gasteiger partial charge in [-0.2, -0.15) is 0 Å². The molecule has 3 unspecified atom stereocenters. The first kappa shape index (κ1) is 78.0. The number of aliphatic hydroxyl groups excluding tert-OH is 1. The standard InChI is InChI=1S/C70H139N2O6P/c1-6-8-10-12-14-16-18-20-22-24-26-27-28-29-30-31-32-33-34-35-36-37-38-39-40-41-42-43-44-45-46-48-50-52-54-56-58-60-62-64-70(74)71-68(67-78-79(75,76)77-66-65-72(3,4)5)69(73)63-61-59-57-55-53-51-49-47-25-23-21-19-17-15-13-11-9-7-2/h24,26,61,63,68-69,73H,6-23,25,27-60,62,64-67H2,1-5H3,(H-,71,74,75,76)/p+1/b26-24-,63-61+. The van der Waals surface area contributed by atoms with Gasteiger partial charge in [0.15, 0.2) is 0 Å². The van der Waals surface area contributed by atoms with Crippen molar-refractivity contribution in [3.05, 3.63) is 24.3 Å². The maximum atomic E-state index is 13.0. The highest BCUT2D eigenvalue weighted by molar-refractivity contribution is 7.47. The minimum Gasteiger partial charge on any atom is -0.387 e. The van der Waals surface area contributed by atoms with Crippen molar-refractivity contribution in [1.82, 2.24) is 5.32 Å².